The Bertz CT molecular complexity index is 1230. The van der Waals surface area contributed by atoms with Crippen LogP contribution in [0, 0.1) is 0 Å². The molecule has 0 bridgehead atoms. The molecule has 182 valence electrons. The molecule has 8 nitrogen and oxygen atoms in total. The Labute approximate surface area is 200 Å². The summed E-state index contributed by atoms with van der Waals surface area (Å²) < 4.78 is 44.3. The smallest absolute Gasteiger partial charge is 0.413 e. The molecule has 0 spiro atoms. The number of amides is 2. The predicted octanol–water partition coefficient (Wildman–Crippen LogP) is 4.64. The van der Waals surface area contributed by atoms with Gasteiger partial charge in [-0.1, -0.05) is 48.5 Å². The lowest BCUT2D eigenvalue weighted by Gasteiger charge is -2.19. The van der Waals surface area contributed by atoms with Gasteiger partial charge in [-0.05, 0) is 22.3 Å². The number of carboxylic acid groups (broad SMARTS) is 1. The molecule has 1 aliphatic rings. The Morgan fingerprint density at radius 3 is 2.23 bits per heavy atom. The molecule has 1 heterocycles. The van der Waals surface area contributed by atoms with Crippen LogP contribution < -0.4 is 10.6 Å². The van der Waals surface area contributed by atoms with Crippen LogP contribution in [0.2, 0.25) is 0 Å². The van der Waals surface area contributed by atoms with E-state index in [2.05, 4.69) is 10.3 Å². The van der Waals surface area contributed by atoms with E-state index in [9.17, 15) is 27.6 Å². The summed E-state index contributed by atoms with van der Waals surface area (Å²) in [6, 6.07) is 13.0. The van der Waals surface area contributed by atoms with E-state index in [1.54, 1.807) is 5.32 Å². The molecule has 4 rings (SSSR count). The number of carbonyl (C=O) groups is 3. The fourth-order valence-corrected chi connectivity index (χ4v) is 4.49. The van der Waals surface area contributed by atoms with Crippen LogP contribution in [-0.4, -0.2) is 46.9 Å². The first-order valence-electron chi connectivity index (χ1n) is 10.3. The number of hydrogen-bond donors (Lipinski definition) is 3. The number of nitrogens with zero attached hydrogens (tertiary/aromatic N) is 1. The summed E-state index contributed by atoms with van der Waals surface area (Å²) in [6.07, 6.45) is -7.12. The summed E-state index contributed by atoms with van der Waals surface area (Å²) in [5, 5.41) is 13.7. The Balaban J connectivity index is 1.37. The number of nitrogens with one attached hydrogen (secondary N) is 2. The molecule has 1 atom stereocenters. The number of halogens is 3. The van der Waals surface area contributed by atoms with Crippen LogP contribution in [0.1, 0.15) is 34.0 Å². The molecule has 2 amide bonds. The number of aromatic nitrogens is 1. The fraction of sp³-hybridized carbons (Fsp3) is 0.217. The number of fused-ring (bicyclic) bond motifs is 3. The third-order valence-corrected chi connectivity index (χ3v) is 6.13. The van der Waals surface area contributed by atoms with Gasteiger partial charge in [0.1, 0.15) is 18.3 Å². The predicted molar refractivity (Wildman–Crippen MR) is 120 cm³/mol. The van der Waals surface area contributed by atoms with Gasteiger partial charge in [-0.3, -0.25) is 14.9 Å². The van der Waals surface area contributed by atoms with Gasteiger partial charge in [0.05, 0.1) is 6.42 Å². The average Bonchev–Trinajstić information content (AvgIpc) is 3.39. The maximum Gasteiger partial charge on any atom is 0.413 e. The van der Waals surface area contributed by atoms with Crippen LogP contribution in [0.5, 0.6) is 0 Å². The van der Waals surface area contributed by atoms with Gasteiger partial charge in [0.2, 0.25) is 0 Å². The van der Waals surface area contributed by atoms with Crippen LogP contribution in [0.3, 0.4) is 0 Å². The van der Waals surface area contributed by atoms with Crippen LogP contribution in [0.25, 0.3) is 11.1 Å². The largest absolute Gasteiger partial charge is 0.481 e. The van der Waals surface area contributed by atoms with E-state index in [1.807, 2.05) is 48.5 Å². The van der Waals surface area contributed by atoms with E-state index in [0.29, 0.717) is 0 Å². The monoisotopic (exact) mass is 505 g/mol. The van der Waals surface area contributed by atoms with Gasteiger partial charge < -0.3 is 15.2 Å². The van der Waals surface area contributed by atoms with Gasteiger partial charge >= 0.3 is 18.2 Å². The van der Waals surface area contributed by atoms with E-state index in [0.717, 1.165) is 39.0 Å². The van der Waals surface area contributed by atoms with Crippen molar-refractivity contribution in [2.45, 2.75) is 24.6 Å². The second-order valence-corrected chi connectivity index (χ2v) is 8.51. The Morgan fingerprint density at radius 1 is 1.06 bits per heavy atom. The molecule has 3 aromatic rings. The maximum atomic E-state index is 13.0. The van der Waals surface area contributed by atoms with E-state index in [1.165, 1.54) is 0 Å². The van der Waals surface area contributed by atoms with Gasteiger partial charge in [-0.2, -0.15) is 13.2 Å². The second kappa shape index (κ2) is 9.74. The number of anilines is 1. The molecule has 3 N–H and O–H groups in total. The second-order valence-electron chi connectivity index (χ2n) is 7.65. The van der Waals surface area contributed by atoms with Gasteiger partial charge in [0, 0.05) is 11.3 Å². The minimum atomic E-state index is -4.95. The van der Waals surface area contributed by atoms with Crippen molar-refractivity contribution in [3.05, 3.63) is 70.7 Å². The van der Waals surface area contributed by atoms with Gasteiger partial charge in [0.15, 0.2) is 5.13 Å². The first kappa shape index (κ1) is 24.2. The third kappa shape index (κ3) is 5.43. The highest BCUT2D eigenvalue weighted by Crippen LogP contribution is 2.44. The summed E-state index contributed by atoms with van der Waals surface area (Å²) >= 11 is 0.808. The van der Waals surface area contributed by atoms with Crippen molar-refractivity contribution >= 4 is 34.4 Å². The SMILES string of the molecule is O=C(O)CC(NC(=O)c1csc(NC(=O)OCC2c3ccccc3-c3ccccc32)n1)C(F)(F)F. The molecule has 0 saturated carbocycles. The van der Waals surface area contributed by atoms with Crippen LogP contribution >= 0.6 is 11.3 Å². The summed E-state index contributed by atoms with van der Waals surface area (Å²) in [7, 11) is 0. The minimum Gasteiger partial charge on any atom is -0.481 e. The molecule has 0 saturated heterocycles. The molecule has 0 aliphatic heterocycles. The van der Waals surface area contributed by atoms with Crippen molar-refractivity contribution in [2.24, 2.45) is 0 Å². The lowest BCUT2D eigenvalue weighted by molar-refractivity contribution is -0.165. The topological polar surface area (TPSA) is 118 Å². The van der Waals surface area contributed by atoms with Gasteiger partial charge in [0.25, 0.3) is 5.91 Å². The lowest BCUT2D eigenvalue weighted by Crippen LogP contribution is -2.46. The normalized spacial score (nSPS) is 13.5. The molecule has 1 aromatic heterocycles. The van der Waals surface area contributed by atoms with Crippen LogP contribution in [0.15, 0.2) is 53.9 Å². The molecule has 2 aromatic carbocycles. The van der Waals surface area contributed by atoms with Crippen LogP contribution in [0.4, 0.5) is 23.1 Å². The Morgan fingerprint density at radius 2 is 1.66 bits per heavy atom. The molecular formula is C23H18F3N3O5S. The molecule has 12 heteroatoms. The highest BCUT2D eigenvalue weighted by atomic mass is 32.1. The zero-order valence-corrected chi connectivity index (χ0v) is 18.7. The molecule has 1 aliphatic carbocycles. The molecule has 0 fully saturated rings. The van der Waals surface area contributed by atoms with E-state index >= 15 is 0 Å². The molecule has 35 heavy (non-hydrogen) atoms. The number of hydrogen-bond acceptors (Lipinski definition) is 6. The van der Waals surface area contributed by atoms with Crippen molar-refractivity contribution in [3.8, 4) is 11.1 Å². The molecule has 0 radical (unpaired) electrons. The zero-order chi connectivity index (χ0) is 25.2. The van der Waals surface area contributed by atoms with Crippen molar-refractivity contribution in [1.29, 1.82) is 0 Å². The highest BCUT2D eigenvalue weighted by molar-refractivity contribution is 7.14. The number of carboxylic acids is 1. The molecule has 1 unspecified atom stereocenters. The lowest BCUT2D eigenvalue weighted by atomic mass is 9.98. The maximum absolute atomic E-state index is 13.0. The quantitative estimate of drug-likeness (QED) is 0.431. The number of carbonyl (C=O) groups excluding carboxylic acids is 2. The fourth-order valence-electron chi connectivity index (χ4n) is 3.81. The molecular weight excluding hydrogens is 487 g/mol. The Hall–Kier alpha value is -3.93. The van der Waals surface area contributed by atoms with Crippen molar-refractivity contribution in [3.63, 3.8) is 0 Å². The number of aliphatic carboxylic acids is 1. The standard InChI is InChI=1S/C23H18F3N3O5S/c24-23(25,26)18(9-19(30)31)28-20(32)17-11-35-21(27-17)29-22(33)34-10-16-14-7-3-1-5-12(14)13-6-2-4-8-15(13)16/h1-8,11,16,18H,9-10H2,(H,28,32)(H,30,31)(H,27,29,33). The van der Waals surface area contributed by atoms with Crippen molar-refractivity contribution in [2.75, 3.05) is 11.9 Å². The number of rotatable bonds is 7. The Kier molecular flexibility index (Phi) is 6.74. The number of benzene rings is 2. The van der Waals surface area contributed by atoms with Crippen molar-refractivity contribution < 1.29 is 37.4 Å². The van der Waals surface area contributed by atoms with E-state index < -0.39 is 42.3 Å². The number of thiazole rings is 1. The third-order valence-electron chi connectivity index (χ3n) is 5.37. The minimum absolute atomic E-state index is 0.0427. The zero-order valence-electron chi connectivity index (χ0n) is 17.8. The first-order valence-corrected chi connectivity index (χ1v) is 11.2. The highest BCUT2D eigenvalue weighted by Gasteiger charge is 2.42. The van der Waals surface area contributed by atoms with Gasteiger partial charge in [-0.15, -0.1) is 11.3 Å². The van der Waals surface area contributed by atoms with E-state index in [4.69, 9.17) is 9.84 Å². The average molecular weight is 505 g/mol. The first-order chi connectivity index (χ1) is 16.6. The van der Waals surface area contributed by atoms with Crippen molar-refractivity contribution in [1.82, 2.24) is 10.3 Å². The van der Waals surface area contributed by atoms with Crippen LogP contribution in [-0.2, 0) is 9.53 Å². The summed E-state index contributed by atoms with van der Waals surface area (Å²) in [5.74, 6) is -3.10. The summed E-state index contributed by atoms with van der Waals surface area (Å²) in [4.78, 5) is 38.9. The number of ether oxygens (including phenoxy) is 1. The summed E-state index contributed by atoms with van der Waals surface area (Å²) in [5.41, 5.74) is 3.77. The van der Waals surface area contributed by atoms with Gasteiger partial charge in [-0.25, -0.2) is 9.78 Å². The summed E-state index contributed by atoms with van der Waals surface area (Å²) in [6.45, 7) is 0.0427. The number of alkyl halides is 3. The van der Waals surface area contributed by atoms with E-state index in [-0.39, 0.29) is 17.7 Å².